The summed E-state index contributed by atoms with van der Waals surface area (Å²) in [4.78, 5) is 29.8. The van der Waals surface area contributed by atoms with Gasteiger partial charge in [-0.15, -0.1) is 11.3 Å². The molecule has 8 heteroatoms. The minimum Gasteiger partial charge on any atom is -0.444 e. The average molecular weight is 408 g/mol. The molecular formula is C20H26FN3O3S. The molecule has 2 aromatic rings. The number of rotatable bonds is 7. The van der Waals surface area contributed by atoms with Gasteiger partial charge >= 0.3 is 6.09 Å². The molecule has 1 aromatic heterocycles. The molecule has 0 aliphatic heterocycles. The third-order valence-electron chi connectivity index (χ3n) is 3.68. The zero-order valence-corrected chi connectivity index (χ0v) is 17.4. The average Bonchev–Trinajstić information content (AvgIpc) is 3.02. The van der Waals surface area contributed by atoms with Crippen molar-refractivity contribution in [2.45, 2.75) is 39.2 Å². The maximum Gasteiger partial charge on any atom is 0.410 e. The predicted molar refractivity (Wildman–Crippen MR) is 107 cm³/mol. The van der Waals surface area contributed by atoms with E-state index in [1.54, 1.807) is 40.0 Å². The van der Waals surface area contributed by atoms with Crippen LogP contribution in [-0.4, -0.2) is 47.6 Å². The van der Waals surface area contributed by atoms with E-state index >= 15 is 0 Å². The van der Waals surface area contributed by atoms with E-state index in [0.717, 1.165) is 10.6 Å². The molecule has 0 unspecified atom stereocenters. The van der Waals surface area contributed by atoms with Crippen molar-refractivity contribution in [3.63, 3.8) is 0 Å². The lowest BCUT2D eigenvalue weighted by Gasteiger charge is -2.24. The summed E-state index contributed by atoms with van der Waals surface area (Å²) in [6.07, 6.45) is 0.357. The Hall–Kier alpha value is -2.48. The first-order valence-electron chi connectivity index (χ1n) is 9.01. The third-order valence-corrected chi connectivity index (χ3v) is 4.58. The van der Waals surface area contributed by atoms with E-state index in [4.69, 9.17) is 4.74 Å². The highest BCUT2D eigenvalue weighted by Crippen LogP contribution is 2.15. The first-order valence-corrected chi connectivity index (χ1v) is 9.89. The number of benzene rings is 1. The van der Waals surface area contributed by atoms with Gasteiger partial charge in [-0.05, 0) is 38.5 Å². The molecule has 0 bridgehead atoms. The number of amides is 2. The summed E-state index contributed by atoms with van der Waals surface area (Å²) in [7, 11) is 1.63. The Kier molecular flexibility index (Phi) is 7.51. The molecule has 2 rings (SSSR count). The fourth-order valence-corrected chi connectivity index (χ4v) is 3.14. The van der Waals surface area contributed by atoms with Crippen molar-refractivity contribution in [1.29, 1.82) is 0 Å². The lowest BCUT2D eigenvalue weighted by molar-refractivity contribution is -0.120. The molecule has 0 saturated carbocycles. The Bertz CT molecular complexity index is 800. The van der Waals surface area contributed by atoms with Gasteiger partial charge in [-0.2, -0.15) is 0 Å². The zero-order chi connectivity index (χ0) is 20.7. The van der Waals surface area contributed by atoms with Crippen molar-refractivity contribution in [3.05, 3.63) is 51.7 Å². The highest BCUT2D eigenvalue weighted by Gasteiger charge is 2.19. The second-order valence-corrected chi connectivity index (χ2v) is 8.41. The number of carbonyl (C=O) groups is 2. The molecule has 0 aliphatic rings. The number of halogens is 1. The van der Waals surface area contributed by atoms with Gasteiger partial charge in [0.2, 0.25) is 5.91 Å². The molecular weight excluding hydrogens is 381 g/mol. The van der Waals surface area contributed by atoms with E-state index in [1.807, 2.05) is 5.38 Å². The van der Waals surface area contributed by atoms with Crippen molar-refractivity contribution in [1.82, 2.24) is 15.2 Å². The monoisotopic (exact) mass is 407 g/mol. The number of carbonyl (C=O) groups excluding carboxylic acids is 2. The van der Waals surface area contributed by atoms with E-state index < -0.39 is 11.7 Å². The molecule has 1 heterocycles. The van der Waals surface area contributed by atoms with Crippen LogP contribution in [0.15, 0.2) is 29.6 Å². The van der Waals surface area contributed by atoms with E-state index in [-0.39, 0.29) is 18.1 Å². The first-order chi connectivity index (χ1) is 13.1. The molecule has 0 spiro atoms. The number of thiazole rings is 1. The summed E-state index contributed by atoms with van der Waals surface area (Å²) in [6, 6.07) is 6.30. The highest BCUT2D eigenvalue weighted by molar-refractivity contribution is 7.09. The molecule has 2 amide bonds. The van der Waals surface area contributed by atoms with Gasteiger partial charge in [0.05, 0.1) is 17.1 Å². The number of ether oxygens (including phenoxy) is 1. The molecule has 1 N–H and O–H groups in total. The van der Waals surface area contributed by atoms with Gasteiger partial charge in [-0.1, -0.05) is 12.1 Å². The van der Waals surface area contributed by atoms with Gasteiger partial charge in [0.25, 0.3) is 0 Å². The second kappa shape index (κ2) is 9.64. The number of hydrogen-bond acceptors (Lipinski definition) is 5. The summed E-state index contributed by atoms with van der Waals surface area (Å²) < 4.78 is 18.2. The minimum absolute atomic E-state index is 0.156. The number of hydrogen-bond donors (Lipinski definition) is 1. The number of aromatic nitrogens is 1. The highest BCUT2D eigenvalue weighted by atomic mass is 32.1. The first kappa shape index (κ1) is 21.8. The number of likely N-dealkylation sites (N-methyl/N-ethyl adjacent to an activating group) is 1. The van der Waals surface area contributed by atoms with Crippen molar-refractivity contribution in [3.8, 4) is 0 Å². The van der Waals surface area contributed by atoms with Crippen LogP contribution in [0.3, 0.4) is 0 Å². The van der Waals surface area contributed by atoms with Crippen molar-refractivity contribution in [2.24, 2.45) is 0 Å². The fraction of sp³-hybridized carbons (Fsp3) is 0.450. The molecule has 0 aliphatic carbocycles. The Labute approximate surface area is 168 Å². The van der Waals surface area contributed by atoms with E-state index in [2.05, 4.69) is 10.3 Å². The summed E-state index contributed by atoms with van der Waals surface area (Å²) in [5.74, 6) is -0.422. The van der Waals surface area contributed by atoms with Gasteiger partial charge in [0, 0.05) is 31.9 Å². The van der Waals surface area contributed by atoms with Crippen LogP contribution in [0.2, 0.25) is 0 Å². The lowest BCUT2D eigenvalue weighted by Crippen LogP contribution is -2.39. The van der Waals surface area contributed by atoms with Crippen LogP contribution in [0.5, 0.6) is 0 Å². The number of nitrogens with one attached hydrogen (secondary N) is 1. The summed E-state index contributed by atoms with van der Waals surface area (Å²) in [6.45, 7) is 6.10. The quantitative estimate of drug-likeness (QED) is 0.764. The molecule has 0 fully saturated rings. The largest absolute Gasteiger partial charge is 0.444 e. The smallest absolute Gasteiger partial charge is 0.410 e. The van der Waals surface area contributed by atoms with Gasteiger partial charge in [0.1, 0.15) is 11.4 Å². The van der Waals surface area contributed by atoms with Crippen LogP contribution in [-0.2, 0) is 22.4 Å². The topological polar surface area (TPSA) is 71.5 Å². The van der Waals surface area contributed by atoms with E-state index in [9.17, 15) is 14.0 Å². The molecule has 0 saturated heterocycles. The standard InChI is InChI=1S/C20H26FN3O3S/c1-20(2,3)27-19(26)24(4)10-9-22-17(25)12-16-13-28-18(23-16)11-14-5-7-15(21)8-6-14/h5-8,13H,9-12H2,1-4H3,(H,22,25). The predicted octanol–water partition coefficient (Wildman–Crippen LogP) is 3.40. The van der Waals surface area contributed by atoms with Crippen LogP contribution in [0.25, 0.3) is 0 Å². The van der Waals surface area contributed by atoms with Crippen molar-refractivity contribution in [2.75, 3.05) is 20.1 Å². The van der Waals surface area contributed by atoms with Crippen LogP contribution >= 0.6 is 11.3 Å². The minimum atomic E-state index is -0.551. The molecule has 0 radical (unpaired) electrons. The Morgan fingerprint density at radius 3 is 2.57 bits per heavy atom. The maximum atomic E-state index is 13.0. The lowest BCUT2D eigenvalue weighted by atomic mass is 10.1. The van der Waals surface area contributed by atoms with Gasteiger partial charge in [-0.3, -0.25) is 4.79 Å². The molecule has 0 atom stereocenters. The summed E-state index contributed by atoms with van der Waals surface area (Å²) in [5.41, 5.74) is 1.11. The number of nitrogens with zero attached hydrogens (tertiary/aromatic N) is 2. The third kappa shape index (κ3) is 7.64. The van der Waals surface area contributed by atoms with Gasteiger partial charge in [0.15, 0.2) is 0 Å². The zero-order valence-electron chi connectivity index (χ0n) is 16.6. The Balaban J connectivity index is 1.74. The van der Waals surface area contributed by atoms with Crippen molar-refractivity contribution >= 4 is 23.3 Å². The fourth-order valence-electron chi connectivity index (χ4n) is 2.31. The van der Waals surface area contributed by atoms with Crippen molar-refractivity contribution < 1.29 is 18.7 Å². The Morgan fingerprint density at radius 2 is 1.93 bits per heavy atom. The molecule has 6 nitrogen and oxygen atoms in total. The molecule has 152 valence electrons. The summed E-state index contributed by atoms with van der Waals surface area (Å²) >= 11 is 1.47. The normalized spacial score (nSPS) is 11.2. The van der Waals surface area contributed by atoms with Gasteiger partial charge < -0.3 is 15.0 Å². The van der Waals surface area contributed by atoms with Crippen LogP contribution in [0, 0.1) is 5.82 Å². The maximum absolute atomic E-state index is 13.0. The van der Waals surface area contributed by atoms with Crippen LogP contribution in [0.4, 0.5) is 9.18 Å². The molecule has 28 heavy (non-hydrogen) atoms. The summed E-state index contributed by atoms with van der Waals surface area (Å²) in [5, 5.41) is 5.51. The van der Waals surface area contributed by atoms with Crippen LogP contribution < -0.4 is 5.32 Å². The van der Waals surface area contributed by atoms with Gasteiger partial charge in [-0.25, -0.2) is 14.2 Å². The van der Waals surface area contributed by atoms with E-state index in [0.29, 0.717) is 25.2 Å². The van der Waals surface area contributed by atoms with Crippen LogP contribution in [0.1, 0.15) is 37.0 Å². The van der Waals surface area contributed by atoms with E-state index in [1.165, 1.54) is 28.4 Å². The molecule has 1 aromatic carbocycles. The second-order valence-electron chi connectivity index (χ2n) is 7.46. The Morgan fingerprint density at radius 1 is 1.25 bits per heavy atom. The SMILES string of the molecule is CN(CCNC(=O)Cc1csc(Cc2ccc(F)cc2)n1)C(=O)OC(C)(C)C.